The molecule has 1 fully saturated rings. The molecule has 1 aliphatic heterocycles. The number of likely N-dealkylation sites (tertiary alicyclic amines) is 1. The van der Waals surface area contributed by atoms with E-state index in [0.717, 1.165) is 25.9 Å². The van der Waals surface area contributed by atoms with E-state index in [2.05, 4.69) is 34.7 Å². The number of rotatable bonds is 3. The monoisotopic (exact) mass is 310 g/mol. The van der Waals surface area contributed by atoms with Crippen molar-refractivity contribution in [2.24, 2.45) is 0 Å². The second-order valence-electron chi connectivity index (χ2n) is 6.67. The number of hydrogen-bond donors (Lipinski definition) is 1. The lowest BCUT2D eigenvalue weighted by atomic mass is 10.0. The summed E-state index contributed by atoms with van der Waals surface area (Å²) in [5.41, 5.74) is -0.442. The highest BCUT2D eigenvalue weighted by atomic mass is 32.1. The van der Waals surface area contributed by atoms with Crippen LogP contribution in [0.1, 0.15) is 51.5 Å². The van der Waals surface area contributed by atoms with E-state index in [0.29, 0.717) is 6.04 Å². The Morgan fingerprint density at radius 3 is 2.90 bits per heavy atom. The van der Waals surface area contributed by atoms with Crippen LogP contribution < -0.4 is 5.32 Å². The molecular formula is C16H26N2O2S. The molecular weight excluding hydrogens is 284 g/mol. The highest BCUT2D eigenvalue weighted by Gasteiger charge is 2.27. The first-order valence-corrected chi connectivity index (χ1v) is 8.50. The van der Waals surface area contributed by atoms with E-state index in [1.807, 2.05) is 20.8 Å². The molecule has 2 atom stereocenters. The molecule has 2 unspecified atom stereocenters. The minimum Gasteiger partial charge on any atom is -0.444 e. The first-order chi connectivity index (χ1) is 9.85. The van der Waals surface area contributed by atoms with Crippen LogP contribution in [-0.2, 0) is 4.74 Å². The van der Waals surface area contributed by atoms with Crippen LogP contribution in [0.15, 0.2) is 17.5 Å². The number of carbonyl (C=O) groups is 1. The highest BCUT2D eigenvalue weighted by molar-refractivity contribution is 7.10. The Labute approximate surface area is 131 Å². The van der Waals surface area contributed by atoms with Crippen LogP contribution in [0.3, 0.4) is 0 Å². The number of carbonyl (C=O) groups excluding carboxylic acids is 1. The van der Waals surface area contributed by atoms with E-state index in [4.69, 9.17) is 4.74 Å². The van der Waals surface area contributed by atoms with Gasteiger partial charge in [0.2, 0.25) is 0 Å². The summed E-state index contributed by atoms with van der Waals surface area (Å²) >= 11 is 1.79. The molecule has 1 aromatic rings. The summed E-state index contributed by atoms with van der Waals surface area (Å²) in [6, 6.07) is 4.86. The van der Waals surface area contributed by atoms with Gasteiger partial charge in [0.05, 0.1) is 0 Å². The van der Waals surface area contributed by atoms with Gasteiger partial charge in [0, 0.05) is 23.5 Å². The van der Waals surface area contributed by atoms with Gasteiger partial charge >= 0.3 is 6.09 Å². The Hall–Kier alpha value is -1.07. The minimum atomic E-state index is -0.442. The van der Waals surface area contributed by atoms with Crippen molar-refractivity contribution < 1.29 is 9.53 Å². The summed E-state index contributed by atoms with van der Waals surface area (Å²) in [4.78, 5) is 15.7. The Morgan fingerprint density at radius 1 is 1.52 bits per heavy atom. The van der Waals surface area contributed by atoms with E-state index >= 15 is 0 Å². The van der Waals surface area contributed by atoms with Crippen LogP contribution in [0.2, 0.25) is 0 Å². The van der Waals surface area contributed by atoms with E-state index in [1.165, 1.54) is 4.88 Å². The Kier molecular flexibility index (Phi) is 5.27. The average molecular weight is 310 g/mol. The predicted molar refractivity (Wildman–Crippen MR) is 86.7 cm³/mol. The van der Waals surface area contributed by atoms with Crippen LogP contribution in [0.25, 0.3) is 0 Å². The van der Waals surface area contributed by atoms with Gasteiger partial charge < -0.3 is 10.1 Å². The number of nitrogens with one attached hydrogen (secondary N) is 1. The zero-order chi connectivity index (χ0) is 15.5. The lowest BCUT2D eigenvalue weighted by molar-refractivity contribution is 0.0459. The van der Waals surface area contributed by atoms with Gasteiger partial charge in [0.1, 0.15) is 5.60 Å². The molecule has 1 amide bonds. The number of alkyl carbamates (subject to hydrolysis) is 1. The van der Waals surface area contributed by atoms with Crippen molar-refractivity contribution >= 4 is 17.4 Å². The van der Waals surface area contributed by atoms with Gasteiger partial charge in [-0.1, -0.05) is 6.07 Å². The number of piperidine rings is 1. The number of amides is 1. The smallest absolute Gasteiger partial charge is 0.407 e. The summed E-state index contributed by atoms with van der Waals surface area (Å²) in [5, 5.41) is 5.12. The fourth-order valence-corrected chi connectivity index (χ4v) is 3.48. The van der Waals surface area contributed by atoms with Crippen molar-refractivity contribution in [1.29, 1.82) is 0 Å². The van der Waals surface area contributed by atoms with E-state index < -0.39 is 5.60 Å². The SMILES string of the molecule is CC(c1cccs1)N1CCCC(NC(=O)OC(C)(C)C)C1. The molecule has 1 aromatic heterocycles. The van der Waals surface area contributed by atoms with Gasteiger partial charge in [-0.25, -0.2) is 4.79 Å². The zero-order valence-electron chi connectivity index (χ0n) is 13.4. The Morgan fingerprint density at radius 2 is 2.29 bits per heavy atom. The maximum Gasteiger partial charge on any atom is 0.407 e. The van der Waals surface area contributed by atoms with Gasteiger partial charge in [-0.15, -0.1) is 11.3 Å². The highest BCUT2D eigenvalue weighted by Crippen LogP contribution is 2.27. The molecule has 1 N–H and O–H groups in total. The normalized spacial score (nSPS) is 21.8. The average Bonchev–Trinajstić information content (AvgIpc) is 2.89. The number of thiophene rings is 1. The molecule has 2 heterocycles. The van der Waals surface area contributed by atoms with Crippen molar-refractivity contribution in [3.05, 3.63) is 22.4 Å². The molecule has 0 bridgehead atoms. The van der Waals surface area contributed by atoms with Crippen molar-refractivity contribution in [2.75, 3.05) is 13.1 Å². The molecule has 0 aliphatic carbocycles. The van der Waals surface area contributed by atoms with Crippen molar-refractivity contribution in [3.63, 3.8) is 0 Å². The number of nitrogens with zero attached hydrogens (tertiary/aromatic N) is 1. The quantitative estimate of drug-likeness (QED) is 0.923. The van der Waals surface area contributed by atoms with E-state index in [9.17, 15) is 4.79 Å². The third-order valence-electron chi connectivity index (χ3n) is 3.68. The molecule has 21 heavy (non-hydrogen) atoms. The van der Waals surface area contributed by atoms with Crippen LogP contribution in [-0.4, -0.2) is 35.7 Å². The van der Waals surface area contributed by atoms with Gasteiger partial charge in [-0.2, -0.15) is 0 Å². The van der Waals surface area contributed by atoms with Crippen LogP contribution in [0.4, 0.5) is 4.79 Å². The standard InChI is InChI=1S/C16H26N2O2S/c1-12(14-8-6-10-21-14)18-9-5-7-13(11-18)17-15(19)20-16(2,3)4/h6,8,10,12-13H,5,7,9,11H2,1-4H3,(H,17,19). The van der Waals surface area contributed by atoms with E-state index in [-0.39, 0.29) is 12.1 Å². The fourth-order valence-electron chi connectivity index (χ4n) is 2.66. The largest absolute Gasteiger partial charge is 0.444 e. The Balaban J connectivity index is 1.87. The summed E-state index contributed by atoms with van der Waals surface area (Å²) < 4.78 is 5.34. The molecule has 1 saturated heterocycles. The summed E-state index contributed by atoms with van der Waals surface area (Å²) in [6.45, 7) is 9.88. The molecule has 0 spiro atoms. The minimum absolute atomic E-state index is 0.177. The Bertz CT molecular complexity index is 453. The lowest BCUT2D eigenvalue weighted by Crippen LogP contribution is -2.49. The zero-order valence-corrected chi connectivity index (χ0v) is 14.2. The molecule has 5 heteroatoms. The second-order valence-corrected chi connectivity index (χ2v) is 7.65. The summed E-state index contributed by atoms with van der Waals surface area (Å²) in [6.07, 6.45) is 1.82. The maximum absolute atomic E-state index is 11.9. The van der Waals surface area contributed by atoms with Crippen molar-refractivity contribution in [3.8, 4) is 0 Å². The lowest BCUT2D eigenvalue weighted by Gasteiger charge is -2.36. The second kappa shape index (κ2) is 6.79. The molecule has 0 radical (unpaired) electrons. The van der Waals surface area contributed by atoms with Gasteiger partial charge in [-0.3, -0.25) is 4.90 Å². The van der Waals surface area contributed by atoms with Gasteiger partial charge in [0.25, 0.3) is 0 Å². The molecule has 0 saturated carbocycles. The topological polar surface area (TPSA) is 41.6 Å². The van der Waals surface area contributed by atoms with Crippen LogP contribution in [0.5, 0.6) is 0 Å². The third-order valence-corrected chi connectivity index (χ3v) is 4.72. The first kappa shape index (κ1) is 16.3. The van der Waals surface area contributed by atoms with Crippen molar-refractivity contribution in [1.82, 2.24) is 10.2 Å². The predicted octanol–water partition coefficient (Wildman–Crippen LogP) is 3.80. The van der Waals surface area contributed by atoms with Gasteiger partial charge in [-0.05, 0) is 58.5 Å². The summed E-state index contributed by atoms with van der Waals surface area (Å²) in [7, 11) is 0. The molecule has 0 aromatic carbocycles. The molecule has 1 aliphatic rings. The molecule has 4 nitrogen and oxygen atoms in total. The van der Waals surface area contributed by atoms with E-state index in [1.54, 1.807) is 11.3 Å². The fraction of sp³-hybridized carbons (Fsp3) is 0.688. The summed E-state index contributed by atoms with van der Waals surface area (Å²) in [5.74, 6) is 0. The van der Waals surface area contributed by atoms with Gasteiger partial charge in [0.15, 0.2) is 0 Å². The third kappa shape index (κ3) is 5.00. The molecule has 2 rings (SSSR count). The maximum atomic E-state index is 11.9. The van der Waals surface area contributed by atoms with Crippen molar-refractivity contribution in [2.45, 2.75) is 58.2 Å². The van der Waals surface area contributed by atoms with Crippen LogP contribution >= 0.6 is 11.3 Å². The number of hydrogen-bond acceptors (Lipinski definition) is 4. The molecule has 118 valence electrons. The number of ether oxygens (including phenoxy) is 1. The first-order valence-electron chi connectivity index (χ1n) is 7.62. The van der Waals surface area contributed by atoms with Crippen LogP contribution in [0, 0.1) is 0 Å².